The average Bonchev–Trinajstić information content (AvgIpc) is 2.55. The van der Waals surface area contributed by atoms with Crippen LogP contribution in [0, 0.1) is 5.41 Å². The first kappa shape index (κ1) is 15.9. The van der Waals surface area contributed by atoms with Gasteiger partial charge in [0.15, 0.2) is 0 Å². The SMILES string of the molecule is CC1(C)CCCC1NS(=O)(=O)c1c(Cl)cc(N)cc1Cl. The van der Waals surface area contributed by atoms with E-state index >= 15 is 0 Å². The van der Waals surface area contributed by atoms with Crippen LogP contribution in [0.1, 0.15) is 33.1 Å². The molecule has 1 aliphatic rings. The van der Waals surface area contributed by atoms with Crippen LogP contribution in [-0.4, -0.2) is 14.5 Å². The molecule has 112 valence electrons. The van der Waals surface area contributed by atoms with E-state index in [-0.39, 0.29) is 26.4 Å². The molecule has 0 heterocycles. The number of anilines is 1. The predicted octanol–water partition coefficient (Wildman–Crippen LogP) is 3.43. The molecule has 0 saturated heterocycles. The first-order chi connectivity index (χ1) is 9.13. The van der Waals surface area contributed by atoms with Crippen LogP contribution in [0.3, 0.4) is 0 Å². The third kappa shape index (κ3) is 3.06. The fourth-order valence-electron chi connectivity index (χ4n) is 2.63. The Bertz CT molecular complexity index is 606. The van der Waals surface area contributed by atoms with E-state index in [1.54, 1.807) is 0 Å². The summed E-state index contributed by atoms with van der Waals surface area (Å²) in [6, 6.07) is 2.67. The normalized spacial score (nSPS) is 22.1. The van der Waals surface area contributed by atoms with Crippen LogP contribution in [0.15, 0.2) is 17.0 Å². The molecule has 3 N–H and O–H groups in total. The molecule has 20 heavy (non-hydrogen) atoms. The number of nitrogens with two attached hydrogens (primary N) is 1. The van der Waals surface area contributed by atoms with Gasteiger partial charge in [-0.1, -0.05) is 43.5 Å². The lowest BCUT2D eigenvalue weighted by Crippen LogP contribution is -2.41. The first-order valence-electron chi connectivity index (χ1n) is 6.40. The molecule has 1 atom stereocenters. The van der Waals surface area contributed by atoms with Gasteiger partial charge in [0.05, 0.1) is 10.0 Å². The van der Waals surface area contributed by atoms with E-state index in [0.29, 0.717) is 5.69 Å². The van der Waals surface area contributed by atoms with Gasteiger partial charge < -0.3 is 5.73 Å². The molecule has 7 heteroatoms. The molecule has 0 radical (unpaired) electrons. The second-order valence-electron chi connectivity index (χ2n) is 5.87. The maximum absolute atomic E-state index is 12.5. The summed E-state index contributed by atoms with van der Waals surface area (Å²) in [7, 11) is -3.76. The number of hydrogen-bond donors (Lipinski definition) is 2. The Labute approximate surface area is 129 Å². The van der Waals surface area contributed by atoms with Crippen LogP contribution < -0.4 is 10.5 Å². The first-order valence-corrected chi connectivity index (χ1v) is 8.64. The van der Waals surface area contributed by atoms with Gasteiger partial charge in [-0.05, 0) is 30.4 Å². The van der Waals surface area contributed by atoms with Gasteiger partial charge in [0.25, 0.3) is 0 Å². The van der Waals surface area contributed by atoms with E-state index in [1.807, 2.05) is 0 Å². The van der Waals surface area contributed by atoms with Gasteiger partial charge in [-0.3, -0.25) is 0 Å². The van der Waals surface area contributed by atoms with Crippen molar-refractivity contribution in [3.63, 3.8) is 0 Å². The van der Waals surface area contributed by atoms with Gasteiger partial charge in [0, 0.05) is 11.7 Å². The zero-order valence-electron chi connectivity index (χ0n) is 11.4. The van der Waals surface area contributed by atoms with Gasteiger partial charge in [-0.2, -0.15) is 0 Å². The number of rotatable bonds is 3. The topological polar surface area (TPSA) is 72.2 Å². The minimum absolute atomic E-state index is 0.0401. The number of halogens is 2. The molecule has 0 bridgehead atoms. The summed E-state index contributed by atoms with van der Waals surface area (Å²) >= 11 is 12.0. The fraction of sp³-hybridized carbons (Fsp3) is 0.538. The molecule has 1 aromatic rings. The highest BCUT2D eigenvalue weighted by molar-refractivity contribution is 7.89. The Kier molecular flexibility index (Phi) is 4.27. The molecule has 1 unspecified atom stereocenters. The van der Waals surface area contributed by atoms with Crippen molar-refractivity contribution >= 4 is 38.9 Å². The highest BCUT2D eigenvalue weighted by atomic mass is 35.5. The predicted molar refractivity (Wildman–Crippen MR) is 82.6 cm³/mol. The highest BCUT2D eigenvalue weighted by Gasteiger charge is 2.38. The van der Waals surface area contributed by atoms with E-state index in [2.05, 4.69) is 18.6 Å². The third-order valence-electron chi connectivity index (χ3n) is 3.84. The van der Waals surface area contributed by atoms with Crippen molar-refractivity contribution < 1.29 is 8.42 Å². The lowest BCUT2D eigenvalue weighted by Gasteiger charge is -2.27. The van der Waals surface area contributed by atoms with E-state index in [1.165, 1.54) is 12.1 Å². The molecule has 0 aliphatic heterocycles. The maximum Gasteiger partial charge on any atom is 0.243 e. The minimum atomic E-state index is -3.76. The van der Waals surface area contributed by atoms with Crippen LogP contribution in [0.2, 0.25) is 10.0 Å². The van der Waals surface area contributed by atoms with E-state index in [9.17, 15) is 8.42 Å². The Morgan fingerprint density at radius 1 is 1.30 bits per heavy atom. The van der Waals surface area contributed by atoms with Crippen molar-refractivity contribution in [3.05, 3.63) is 22.2 Å². The Hall–Kier alpha value is -0.490. The summed E-state index contributed by atoms with van der Waals surface area (Å²) in [6.45, 7) is 4.11. The summed E-state index contributed by atoms with van der Waals surface area (Å²) in [4.78, 5) is -0.0993. The van der Waals surface area contributed by atoms with Crippen LogP contribution in [0.25, 0.3) is 0 Å². The van der Waals surface area contributed by atoms with E-state index < -0.39 is 10.0 Å². The van der Waals surface area contributed by atoms with Crippen LogP contribution >= 0.6 is 23.2 Å². The summed E-state index contributed by atoms with van der Waals surface area (Å²) < 4.78 is 27.7. The van der Waals surface area contributed by atoms with Gasteiger partial charge in [-0.25, -0.2) is 13.1 Å². The molecular weight excluding hydrogens is 319 g/mol. The fourth-order valence-corrected chi connectivity index (χ4v) is 5.30. The molecule has 1 saturated carbocycles. The molecule has 1 aliphatic carbocycles. The van der Waals surface area contributed by atoms with Crippen molar-refractivity contribution in [2.24, 2.45) is 5.41 Å². The Morgan fingerprint density at radius 2 is 1.85 bits per heavy atom. The summed E-state index contributed by atoms with van der Waals surface area (Å²) in [5.41, 5.74) is 5.86. The molecule has 0 amide bonds. The minimum Gasteiger partial charge on any atom is -0.399 e. The number of benzene rings is 1. The quantitative estimate of drug-likeness (QED) is 0.830. The van der Waals surface area contributed by atoms with Gasteiger partial charge in [0.1, 0.15) is 4.90 Å². The molecule has 0 aromatic heterocycles. The maximum atomic E-state index is 12.5. The monoisotopic (exact) mass is 336 g/mol. The molecule has 0 spiro atoms. The third-order valence-corrected chi connectivity index (χ3v) is 6.24. The number of nitrogen functional groups attached to an aromatic ring is 1. The van der Waals surface area contributed by atoms with Crippen LogP contribution in [0.5, 0.6) is 0 Å². The van der Waals surface area contributed by atoms with E-state index in [4.69, 9.17) is 28.9 Å². The standard InChI is InChI=1S/C13H18Cl2N2O2S/c1-13(2)5-3-4-11(13)17-20(18,19)12-9(14)6-8(16)7-10(12)15/h6-7,11,17H,3-5,16H2,1-2H3. The molecule has 2 rings (SSSR count). The number of sulfonamides is 1. The lowest BCUT2D eigenvalue weighted by molar-refractivity contribution is 0.313. The second-order valence-corrected chi connectivity index (χ2v) is 8.33. The van der Waals surface area contributed by atoms with Crippen molar-refractivity contribution in [2.45, 2.75) is 44.0 Å². The smallest absolute Gasteiger partial charge is 0.243 e. The van der Waals surface area contributed by atoms with E-state index in [0.717, 1.165) is 19.3 Å². The van der Waals surface area contributed by atoms with Crippen LogP contribution in [-0.2, 0) is 10.0 Å². The number of hydrogen-bond acceptors (Lipinski definition) is 3. The van der Waals surface area contributed by atoms with Crippen LogP contribution in [0.4, 0.5) is 5.69 Å². The average molecular weight is 337 g/mol. The van der Waals surface area contributed by atoms with Gasteiger partial charge in [-0.15, -0.1) is 0 Å². The number of nitrogens with one attached hydrogen (secondary N) is 1. The van der Waals surface area contributed by atoms with Crippen molar-refractivity contribution in [2.75, 3.05) is 5.73 Å². The Balaban J connectivity index is 2.37. The Morgan fingerprint density at radius 3 is 2.30 bits per heavy atom. The molecule has 1 aromatic carbocycles. The van der Waals surface area contributed by atoms with Gasteiger partial charge in [0.2, 0.25) is 10.0 Å². The molecular formula is C13H18Cl2N2O2S. The lowest BCUT2D eigenvalue weighted by atomic mass is 9.88. The van der Waals surface area contributed by atoms with Gasteiger partial charge >= 0.3 is 0 Å². The zero-order valence-corrected chi connectivity index (χ0v) is 13.7. The highest BCUT2D eigenvalue weighted by Crippen LogP contribution is 2.39. The molecule has 1 fully saturated rings. The summed E-state index contributed by atoms with van der Waals surface area (Å²) in [5.74, 6) is 0. The summed E-state index contributed by atoms with van der Waals surface area (Å²) in [5, 5.41) is 0.0802. The largest absolute Gasteiger partial charge is 0.399 e. The zero-order chi connectivity index (χ0) is 15.1. The summed E-state index contributed by atoms with van der Waals surface area (Å²) in [6.07, 6.45) is 2.81. The second kappa shape index (κ2) is 5.37. The molecule has 4 nitrogen and oxygen atoms in total. The van der Waals surface area contributed by atoms with Crippen molar-refractivity contribution in [1.82, 2.24) is 4.72 Å². The van der Waals surface area contributed by atoms with Crippen molar-refractivity contribution in [3.8, 4) is 0 Å². The van der Waals surface area contributed by atoms with Crippen molar-refractivity contribution in [1.29, 1.82) is 0 Å².